The van der Waals surface area contributed by atoms with E-state index in [-0.39, 0.29) is 5.41 Å². The van der Waals surface area contributed by atoms with Crippen molar-refractivity contribution in [3.8, 4) is 6.07 Å². The van der Waals surface area contributed by atoms with Gasteiger partial charge in [0.1, 0.15) is 5.82 Å². The summed E-state index contributed by atoms with van der Waals surface area (Å²) in [6.07, 6.45) is 6.99. The lowest BCUT2D eigenvalue weighted by Crippen LogP contribution is -2.13. The van der Waals surface area contributed by atoms with Gasteiger partial charge in [-0.15, -0.1) is 0 Å². The first-order valence-corrected chi connectivity index (χ1v) is 6.15. The molecule has 0 spiro atoms. The van der Waals surface area contributed by atoms with Gasteiger partial charge in [0.15, 0.2) is 0 Å². The number of aryl methyl sites for hydroxylation is 1. The summed E-state index contributed by atoms with van der Waals surface area (Å²) in [5.41, 5.74) is -0.192. The monoisotopic (exact) mass is 234 g/mol. The van der Waals surface area contributed by atoms with E-state index in [1.807, 2.05) is 33.3 Å². The molecule has 0 unspecified atom stereocenters. The van der Waals surface area contributed by atoms with Crippen LogP contribution in [-0.4, -0.2) is 16.6 Å². The van der Waals surface area contributed by atoms with E-state index in [2.05, 4.69) is 20.9 Å². The fourth-order valence-corrected chi connectivity index (χ4v) is 1.77. The molecule has 0 bridgehead atoms. The van der Waals surface area contributed by atoms with Gasteiger partial charge in [-0.3, -0.25) is 0 Å². The largest absolute Gasteiger partial charge is 0.334 e. The van der Waals surface area contributed by atoms with Crippen molar-refractivity contribution in [1.29, 1.82) is 5.26 Å². The Hall–Kier alpha value is -1.34. The van der Waals surface area contributed by atoms with E-state index in [0.29, 0.717) is 0 Å². The second-order valence-corrected chi connectivity index (χ2v) is 5.02. The van der Waals surface area contributed by atoms with E-state index < -0.39 is 0 Å². The van der Waals surface area contributed by atoms with Gasteiger partial charge < -0.3 is 9.88 Å². The van der Waals surface area contributed by atoms with Crippen LogP contribution in [-0.2, 0) is 13.1 Å². The second kappa shape index (κ2) is 6.41. The molecule has 0 amide bonds. The summed E-state index contributed by atoms with van der Waals surface area (Å²) >= 11 is 0. The third kappa shape index (κ3) is 4.58. The molecule has 0 aliphatic carbocycles. The van der Waals surface area contributed by atoms with Crippen molar-refractivity contribution in [2.75, 3.05) is 7.05 Å². The van der Waals surface area contributed by atoms with Gasteiger partial charge in [-0.1, -0.05) is 6.42 Å². The molecule has 0 aliphatic rings. The number of imidazole rings is 1. The minimum atomic E-state index is -0.192. The van der Waals surface area contributed by atoms with Crippen LogP contribution in [0.1, 0.15) is 38.9 Å². The van der Waals surface area contributed by atoms with Crippen molar-refractivity contribution in [2.24, 2.45) is 5.41 Å². The average Bonchev–Trinajstić information content (AvgIpc) is 2.73. The molecule has 17 heavy (non-hydrogen) atoms. The third-order valence-corrected chi connectivity index (χ3v) is 2.89. The summed E-state index contributed by atoms with van der Waals surface area (Å²) in [6, 6.07) is 2.34. The van der Waals surface area contributed by atoms with Crippen LogP contribution in [0.15, 0.2) is 12.4 Å². The molecule has 0 saturated carbocycles. The van der Waals surface area contributed by atoms with Crippen LogP contribution in [0.25, 0.3) is 0 Å². The van der Waals surface area contributed by atoms with Gasteiger partial charge in [0.05, 0.1) is 18.0 Å². The Morgan fingerprint density at radius 2 is 2.24 bits per heavy atom. The lowest BCUT2D eigenvalue weighted by Gasteiger charge is -2.14. The molecular weight excluding hydrogens is 212 g/mol. The summed E-state index contributed by atoms with van der Waals surface area (Å²) in [5, 5.41) is 12.0. The van der Waals surface area contributed by atoms with Crippen LogP contribution < -0.4 is 5.32 Å². The van der Waals surface area contributed by atoms with Gasteiger partial charge in [-0.05, 0) is 33.7 Å². The highest BCUT2D eigenvalue weighted by molar-refractivity contribution is 4.93. The van der Waals surface area contributed by atoms with Crippen molar-refractivity contribution in [2.45, 2.75) is 46.2 Å². The highest BCUT2D eigenvalue weighted by Gasteiger charge is 2.15. The number of aromatic nitrogens is 2. The van der Waals surface area contributed by atoms with E-state index in [9.17, 15) is 0 Å². The zero-order valence-electron chi connectivity index (χ0n) is 11.0. The van der Waals surface area contributed by atoms with Crippen LogP contribution >= 0.6 is 0 Å². The first kappa shape index (κ1) is 13.7. The Labute approximate surface area is 104 Å². The van der Waals surface area contributed by atoms with Crippen molar-refractivity contribution < 1.29 is 0 Å². The van der Waals surface area contributed by atoms with Crippen molar-refractivity contribution in [3.05, 3.63) is 18.2 Å². The van der Waals surface area contributed by atoms with Crippen LogP contribution in [0.4, 0.5) is 0 Å². The van der Waals surface area contributed by atoms with Gasteiger partial charge in [-0.25, -0.2) is 4.98 Å². The molecule has 0 aliphatic heterocycles. The molecule has 1 N–H and O–H groups in total. The molecule has 1 aromatic heterocycles. The highest BCUT2D eigenvalue weighted by atomic mass is 15.1. The molecule has 0 radical (unpaired) electrons. The molecule has 0 saturated heterocycles. The van der Waals surface area contributed by atoms with Crippen LogP contribution in [0.3, 0.4) is 0 Å². The Kier molecular flexibility index (Phi) is 5.17. The minimum Gasteiger partial charge on any atom is -0.334 e. The van der Waals surface area contributed by atoms with E-state index in [1.54, 1.807) is 0 Å². The number of nitrogens with one attached hydrogen (secondary N) is 1. The Bertz CT molecular complexity index is 373. The van der Waals surface area contributed by atoms with Crippen LogP contribution in [0.5, 0.6) is 0 Å². The molecular formula is C13H22N4. The van der Waals surface area contributed by atoms with Crippen LogP contribution in [0, 0.1) is 16.7 Å². The molecule has 1 rings (SSSR count). The number of hydrogen-bond donors (Lipinski definition) is 1. The molecule has 1 aromatic rings. The first-order chi connectivity index (χ1) is 8.09. The molecule has 94 valence electrons. The third-order valence-electron chi connectivity index (χ3n) is 2.89. The summed E-state index contributed by atoms with van der Waals surface area (Å²) in [6.45, 7) is 5.78. The average molecular weight is 234 g/mol. The molecule has 1 heterocycles. The number of nitrogens with zero attached hydrogens (tertiary/aromatic N) is 3. The Morgan fingerprint density at radius 3 is 2.88 bits per heavy atom. The lowest BCUT2D eigenvalue weighted by atomic mass is 9.89. The van der Waals surface area contributed by atoms with E-state index >= 15 is 0 Å². The van der Waals surface area contributed by atoms with Crippen molar-refractivity contribution in [1.82, 2.24) is 14.9 Å². The highest BCUT2D eigenvalue weighted by Crippen LogP contribution is 2.21. The number of rotatable bonds is 7. The summed E-state index contributed by atoms with van der Waals surface area (Å²) in [7, 11) is 1.93. The SMILES string of the molecule is CNCc1nccn1CCCCC(C)(C)C#N. The normalized spacial score (nSPS) is 11.4. The Morgan fingerprint density at radius 1 is 1.47 bits per heavy atom. The summed E-state index contributed by atoms with van der Waals surface area (Å²) in [4.78, 5) is 4.30. The fourth-order valence-electron chi connectivity index (χ4n) is 1.77. The van der Waals surface area contributed by atoms with Gasteiger partial charge in [0.25, 0.3) is 0 Å². The van der Waals surface area contributed by atoms with Gasteiger partial charge in [-0.2, -0.15) is 5.26 Å². The maximum atomic E-state index is 8.92. The Balaban J connectivity index is 2.31. The number of hydrogen-bond acceptors (Lipinski definition) is 3. The number of nitriles is 1. The van der Waals surface area contributed by atoms with Crippen molar-refractivity contribution >= 4 is 0 Å². The fraction of sp³-hybridized carbons (Fsp3) is 0.692. The van der Waals surface area contributed by atoms with Crippen molar-refractivity contribution in [3.63, 3.8) is 0 Å². The maximum absolute atomic E-state index is 8.92. The maximum Gasteiger partial charge on any atom is 0.122 e. The minimum absolute atomic E-state index is 0.192. The molecule has 4 nitrogen and oxygen atoms in total. The lowest BCUT2D eigenvalue weighted by molar-refractivity contribution is 0.415. The molecule has 4 heteroatoms. The molecule has 0 fully saturated rings. The van der Waals surface area contributed by atoms with E-state index in [4.69, 9.17) is 5.26 Å². The first-order valence-electron chi connectivity index (χ1n) is 6.15. The zero-order chi connectivity index (χ0) is 12.7. The smallest absolute Gasteiger partial charge is 0.122 e. The summed E-state index contributed by atoms with van der Waals surface area (Å²) < 4.78 is 2.18. The summed E-state index contributed by atoms with van der Waals surface area (Å²) in [5.74, 6) is 1.08. The van der Waals surface area contributed by atoms with Crippen LogP contribution in [0.2, 0.25) is 0 Å². The topological polar surface area (TPSA) is 53.6 Å². The van der Waals surface area contributed by atoms with Gasteiger partial charge in [0, 0.05) is 18.9 Å². The standard InChI is InChI=1S/C13H22N4/c1-13(2,11-14)6-4-5-8-17-9-7-16-12(17)10-15-3/h7,9,15H,4-6,8,10H2,1-3H3. The van der Waals surface area contributed by atoms with Gasteiger partial charge >= 0.3 is 0 Å². The van der Waals surface area contributed by atoms with Gasteiger partial charge in [0.2, 0.25) is 0 Å². The predicted molar refractivity (Wildman–Crippen MR) is 68.2 cm³/mol. The quantitative estimate of drug-likeness (QED) is 0.737. The van der Waals surface area contributed by atoms with E-state index in [1.165, 1.54) is 0 Å². The molecule has 0 aromatic carbocycles. The van der Waals surface area contributed by atoms with E-state index in [0.717, 1.165) is 38.2 Å². The second-order valence-electron chi connectivity index (χ2n) is 5.02. The predicted octanol–water partition coefficient (Wildman–Crippen LogP) is 2.32. The zero-order valence-corrected chi connectivity index (χ0v) is 11.0. The molecule has 0 atom stereocenters. The number of unbranched alkanes of at least 4 members (excludes halogenated alkanes) is 1.